The maximum Gasteiger partial charge on any atom is 0.253 e. The van der Waals surface area contributed by atoms with Crippen LogP contribution in [0.5, 0.6) is 0 Å². The van der Waals surface area contributed by atoms with Crippen LogP contribution in [0.4, 0.5) is 0 Å². The molecule has 3 aromatic rings. The van der Waals surface area contributed by atoms with Crippen LogP contribution < -0.4 is 5.32 Å². The summed E-state index contributed by atoms with van der Waals surface area (Å²) in [6.07, 6.45) is 0. The fourth-order valence-electron chi connectivity index (χ4n) is 2.89. The molecule has 0 saturated carbocycles. The van der Waals surface area contributed by atoms with Crippen molar-refractivity contribution in [2.45, 2.75) is 30.8 Å². The number of hydrogen-bond donors (Lipinski definition) is 1. The number of carbonyl (C=O) groups is 1. The molecule has 5 nitrogen and oxygen atoms in total. The van der Waals surface area contributed by atoms with Gasteiger partial charge in [0, 0.05) is 12.8 Å². The van der Waals surface area contributed by atoms with Crippen molar-refractivity contribution in [1.29, 1.82) is 0 Å². The SMILES string of the molecule is CC(C)[C@@H](NC(=O)c1ccccc1Cl)c1nnc(SCc2ccc(Cl)c(Cl)c2)n1C. The first-order valence-electron chi connectivity index (χ1n) is 9.29. The maximum absolute atomic E-state index is 12.8. The summed E-state index contributed by atoms with van der Waals surface area (Å²) in [4.78, 5) is 12.8. The molecule has 158 valence electrons. The number of nitrogens with zero attached hydrogens (tertiary/aromatic N) is 3. The Bertz CT molecular complexity index is 1050. The molecule has 0 saturated heterocycles. The first-order valence-corrected chi connectivity index (χ1v) is 11.4. The lowest BCUT2D eigenvalue weighted by atomic mass is 10.0. The van der Waals surface area contributed by atoms with Crippen LogP contribution >= 0.6 is 46.6 Å². The number of hydrogen-bond acceptors (Lipinski definition) is 4. The summed E-state index contributed by atoms with van der Waals surface area (Å²) in [5.74, 6) is 1.21. The van der Waals surface area contributed by atoms with E-state index in [2.05, 4.69) is 15.5 Å². The number of thioether (sulfide) groups is 1. The van der Waals surface area contributed by atoms with Gasteiger partial charge in [-0.2, -0.15) is 0 Å². The van der Waals surface area contributed by atoms with Crippen LogP contribution in [0.25, 0.3) is 0 Å². The second kappa shape index (κ2) is 10.1. The lowest BCUT2D eigenvalue weighted by molar-refractivity contribution is 0.0922. The molecule has 1 N–H and O–H groups in total. The highest BCUT2D eigenvalue weighted by Gasteiger charge is 2.25. The van der Waals surface area contributed by atoms with E-state index in [1.807, 2.05) is 37.6 Å². The van der Waals surface area contributed by atoms with E-state index in [0.29, 0.717) is 32.2 Å². The van der Waals surface area contributed by atoms with E-state index in [4.69, 9.17) is 34.8 Å². The van der Waals surface area contributed by atoms with Crippen molar-refractivity contribution >= 4 is 52.5 Å². The lowest BCUT2D eigenvalue weighted by Crippen LogP contribution is -2.33. The Labute approximate surface area is 195 Å². The summed E-state index contributed by atoms with van der Waals surface area (Å²) < 4.78 is 1.90. The van der Waals surface area contributed by atoms with Gasteiger partial charge in [0.25, 0.3) is 5.91 Å². The topological polar surface area (TPSA) is 59.8 Å². The number of aromatic nitrogens is 3. The van der Waals surface area contributed by atoms with Gasteiger partial charge in [-0.1, -0.05) is 78.6 Å². The number of amides is 1. The molecule has 0 fully saturated rings. The van der Waals surface area contributed by atoms with E-state index >= 15 is 0 Å². The normalized spacial score (nSPS) is 12.2. The molecule has 1 atom stereocenters. The molecule has 0 radical (unpaired) electrons. The molecular formula is C21H21Cl3N4OS. The standard InChI is InChI=1S/C21H21Cl3N4OS/c1-12(2)18(25-20(29)14-6-4-5-7-15(14)22)19-26-27-21(28(19)3)30-11-13-8-9-16(23)17(24)10-13/h4-10,12,18H,11H2,1-3H3,(H,25,29)/t18-/m1/s1. The Morgan fingerprint density at radius 2 is 1.80 bits per heavy atom. The van der Waals surface area contributed by atoms with Gasteiger partial charge >= 0.3 is 0 Å². The minimum absolute atomic E-state index is 0.104. The third kappa shape index (κ3) is 5.30. The Morgan fingerprint density at radius 3 is 2.47 bits per heavy atom. The monoisotopic (exact) mass is 482 g/mol. The minimum Gasteiger partial charge on any atom is -0.342 e. The van der Waals surface area contributed by atoms with Crippen molar-refractivity contribution in [1.82, 2.24) is 20.1 Å². The number of rotatable bonds is 7. The number of nitrogens with one attached hydrogen (secondary N) is 1. The lowest BCUT2D eigenvalue weighted by Gasteiger charge is -2.22. The van der Waals surface area contributed by atoms with Gasteiger partial charge in [0.1, 0.15) is 0 Å². The average Bonchev–Trinajstić information content (AvgIpc) is 3.07. The van der Waals surface area contributed by atoms with Crippen molar-refractivity contribution in [3.05, 3.63) is 74.5 Å². The Balaban J connectivity index is 1.76. The van der Waals surface area contributed by atoms with Crippen molar-refractivity contribution in [2.75, 3.05) is 0 Å². The third-order valence-corrected chi connectivity index (χ3v) is 6.73. The predicted molar refractivity (Wildman–Crippen MR) is 124 cm³/mol. The smallest absolute Gasteiger partial charge is 0.253 e. The molecule has 2 aromatic carbocycles. The number of benzene rings is 2. The van der Waals surface area contributed by atoms with Crippen LogP contribution in [0.3, 0.4) is 0 Å². The zero-order chi connectivity index (χ0) is 21.8. The van der Waals surface area contributed by atoms with Crippen LogP contribution in [-0.4, -0.2) is 20.7 Å². The second-order valence-electron chi connectivity index (χ2n) is 7.11. The van der Waals surface area contributed by atoms with E-state index < -0.39 is 0 Å². The largest absolute Gasteiger partial charge is 0.342 e. The van der Waals surface area contributed by atoms with Gasteiger partial charge in [-0.05, 0) is 35.7 Å². The van der Waals surface area contributed by atoms with E-state index in [9.17, 15) is 4.79 Å². The third-order valence-electron chi connectivity index (χ3n) is 4.57. The van der Waals surface area contributed by atoms with Crippen LogP contribution in [0.15, 0.2) is 47.6 Å². The van der Waals surface area contributed by atoms with Crippen LogP contribution in [0, 0.1) is 5.92 Å². The summed E-state index contributed by atoms with van der Waals surface area (Å²) >= 11 is 19.8. The Kier molecular flexibility index (Phi) is 7.69. The molecule has 0 bridgehead atoms. The van der Waals surface area contributed by atoms with Gasteiger partial charge in [-0.3, -0.25) is 4.79 Å². The summed E-state index contributed by atoms with van der Waals surface area (Å²) in [7, 11) is 1.89. The van der Waals surface area contributed by atoms with Crippen molar-refractivity contribution in [3.8, 4) is 0 Å². The molecule has 3 rings (SSSR count). The zero-order valence-electron chi connectivity index (χ0n) is 16.7. The molecule has 9 heteroatoms. The van der Waals surface area contributed by atoms with Crippen molar-refractivity contribution in [2.24, 2.45) is 13.0 Å². The molecule has 1 heterocycles. The fraction of sp³-hybridized carbons (Fsp3) is 0.286. The number of carbonyl (C=O) groups excluding carboxylic acids is 1. The highest BCUT2D eigenvalue weighted by molar-refractivity contribution is 7.98. The molecule has 0 unspecified atom stereocenters. The Hall–Kier alpha value is -1.73. The van der Waals surface area contributed by atoms with Gasteiger partial charge in [0.05, 0.1) is 26.7 Å². The minimum atomic E-state index is -0.314. The van der Waals surface area contributed by atoms with Crippen LogP contribution in [0.1, 0.15) is 41.6 Å². The van der Waals surface area contributed by atoms with E-state index in [1.165, 1.54) is 11.8 Å². The van der Waals surface area contributed by atoms with Gasteiger partial charge in [0.2, 0.25) is 0 Å². The average molecular weight is 484 g/mol. The van der Waals surface area contributed by atoms with Crippen LogP contribution in [0.2, 0.25) is 15.1 Å². The molecule has 0 spiro atoms. The molecule has 0 aliphatic carbocycles. The predicted octanol–water partition coefficient (Wildman–Crippen LogP) is 6.19. The van der Waals surface area contributed by atoms with Gasteiger partial charge in [-0.15, -0.1) is 10.2 Å². The first kappa shape index (κ1) is 22.9. The van der Waals surface area contributed by atoms with Gasteiger partial charge in [-0.25, -0.2) is 0 Å². The van der Waals surface area contributed by atoms with Gasteiger partial charge < -0.3 is 9.88 Å². The second-order valence-corrected chi connectivity index (χ2v) is 9.28. The van der Waals surface area contributed by atoms with Gasteiger partial charge in [0.15, 0.2) is 11.0 Å². The maximum atomic E-state index is 12.8. The Morgan fingerprint density at radius 1 is 1.07 bits per heavy atom. The van der Waals surface area contributed by atoms with Crippen molar-refractivity contribution in [3.63, 3.8) is 0 Å². The quantitative estimate of drug-likeness (QED) is 0.407. The first-order chi connectivity index (χ1) is 14.3. The summed E-state index contributed by atoms with van der Waals surface area (Å²) in [5, 5.41) is 13.9. The summed E-state index contributed by atoms with van der Waals surface area (Å²) in [6, 6.07) is 12.2. The van der Waals surface area contributed by atoms with Crippen LogP contribution in [-0.2, 0) is 12.8 Å². The summed E-state index contributed by atoms with van der Waals surface area (Å²) in [5.41, 5.74) is 1.47. The molecule has 1 amide bonds. The molecule has 0 aliphatic rings. The highest BCUT2D eigenvalue weighted by Crippen LogP contribution is 2.29. The molecule has 30 heavy (non-hydrogen) atoms. The highest BCUT2D eigenvalue weighted by atomic mass is 35.5. The fourth-order valence-corrected chi connectivity index (χ4v) is 4.30. The van der Waals surface area contributed by atoms with Crippen molar-refractivity contribution < 1.29 is 4.79 Å². The molecule has 1 aromatic heterocycles. The zero-order valence-corrected chi connectivity index (χ0v) is 19.8. The molecule has 0 aliphatic heterocycles. The molecular weight excluding hydrogens is 463 g/mol. The van der Waals surface area contributed by atoms with E-state index in [0.717, 1.165) is 10.7 Å². The summed E-state index contributed by atoms with van der Waals surface area (Å²) in [6.45, 7) is 4.05. The van der Waals surface area contributed by atoms with E-state index in [1.54, 1.807) is 30.3 Å². The van der Waals surface area contributed by atoms with E-state index in [-0.39, 0.29) is 17.9 Å². The number of halogens is 3.